The van der Waals surface area contributed by atoms with Crippen molar-refractivity contribution < 1.29 is 28.8 Å². The molecule has 5 heterocycles. The molecule has 1 unspecified atom stereocenters. The minimum atomic E-state index is -0.967. The normalized spacial score (nSPS) is 24.5. The number of fused-ring (bicyclic) bond motifs is 1. The Morgan fingerprint density at radius 2 is 1.60 bits per heavy atom. The standard InChI is InChI=1S/C37H44N6O7/c1-50-32-21-30(27(23-3-4-23)20-31(32)43(48)49)40-15-9-24(10-16-40)39-17-12-37(13-18-39)11-2-14-41(22-37)25-5-6-26-28(19-25)36(47)42(35(26)46)29-7-8-33(44)38-34(29)45/h5-6,19-21,23-24,29H,2-4,7-18,22H2,1H3,(H,38,44,45). The van der Waals surface area contributed by atoms with Crippen molar-refractivity contribution in [3.63, 3.8) is 0 Å². The molecule has 50 heavy (non-hydrogen) atoms. The largest absolute Gasteiger partial charge is 0.490 e. The summed E-state index contributed by atoms with van der Waals surface area (Å²) >= 11 is 0. The van der Waals surface area contributed by atoms with E-state index in [-0.39, 0.29) is 34.8 Å². The SMILES string of the molecule is COc1cc(N2CCC(N3CCC4(CCCN(c5ccc6c(c5)C(=O)N(C5CCC(=O)NC5=O)C6=O)C4)CC3)CC2)c(C2CC2)cc1[N+](=O)[O-]. The summed E-state index contributed by atoms with van der Waals surface area (Å²) in [5, 5.41) is 13.9. The number of imide groups is 2. The van der Waals surface area contributed by atoms with Gasteiger partial charge in [-0.3, -0.25) is 39.5 Å². The summed E-state index contributed by atoms with van der Waals surface area (Å²) in [5.74, 6) is -1.21. The number of hydrogen-bond acceptors (Lipinski definition) is 10. The Hall–Kier alpha value is -4.52. The molecule has 4 saturated heterocycles. The number of nitrogens with one attached hydrogen (secondary N) is 1. The van der Waals surface area contributed by atoms with E-state index in [0.29, 0.717) is 28.8 Å². The van der Waals surface area contributed by atoms with Crippen LogP contribution in [0.3, 0.4) is 0 Å². The van der Waals surface area contributed by atoms with E-state index >= 15 is 0 Å². The Kier molecular flexibility index (Phi) is 8.28. The molecule has 1 N–H and O–H groups in total. The lowest BCUT2D eigenvalue weighted by atomic mass is 9.72. The molecule has 1 aliphatic carbocycles. The van der Waals surface area contributed by atoms with Gasteiger partial charge in [-0.15, -0.1) is 0 Å². The minimum Gasteiger partial charge on any atom is -0.490 e. The molecule has 1 saturated carbocycles. The molecule has 4 amide bonds. The van der Waals surface area contributed by atoms with Gasteiger partial charge in [-0.1, -0.05) is 0 Å². The Morgan fingerprint density at radius 3 is 2.28 bits per heavy atom. The molecule has 13 nitrogen and oxygen atoms in total. The highest BCUT2D eigenvalue weighted by Gasteiger charge is 2.46. The summed E-state index contributed by atoms with van der Waals surface area (Å²) < 4.78 is 5.43. The zero-order valence-electron chi connectivity index (χ0n) is 28.5. The maximum Gasteiger partial charge on any atom is 0.311 e. The quantitative estimate of drug-likeness (QED) is 0.256. The van der Waals surface area contributed by atoms with E-state index in [9.17, 15) is 29.3 Å². The first-order valence-corrected chi connectivity index (χ1v) is 18.1. The monoisotopic (exact) mass is 684 g/mol. The van der Waals surface area contributed by atoms with Crippen molar-refractivity contribution in [3.8, 4) is 5.75 Å². The van der Waals surface area contributed by atoms with Crippen LogP contribution in [0.15, 0.2) is 30.3 Å². The molecule has 1 atom stereocenters. The van der Waals surface area contributed by atoms with Gasteiger partial charge < -0.3 is 19.4 Å². The van der Waals surface area contributed by atoms with Crippen LogP contribution in [-0.4, -0.2) is 96.8 Å². The molecular weight excluding hydrogens is 640 g/mol. The number of methoxy groups -OCH3 is 1. The number of ether oxygens (including phenoxy) is 1. The maximum absolute atomic E-state index is 13.4. The molecule has 264 valence electrons. The van der Waals surface area contributed by atoms with E-state index in [2.05, 4.69) is 20.0 Å². The van der Waals surface area contributed by atoms with Gasteiger partial charge in [0.15, 0.2) is 5.75 Å². The highest BCUT2D eigenvalue weighted by Crippen LogP contribution is 2.49. The van der Waals surface area contributed by atoms with Crippen LogP contribution in [0.2, 0.25) is 0 Å². The number of benzene rings is 2. The first-order chi connectivity index (χ1) is 24.1. The van der Waals surface area contributed by atoms with Crippen molar-refractivity contribution in [2.24, 2.45) is 5.41 Å². The molecule has 2 aromatic carbocycles. The summed E-state index contributed by atoms with van der Waals surface area (Å²) in [4.78, 5) is 70.6. The lowest BCUT2D eigenvalue weighted by Gasteiger charge is -2.50. The number of amides is 4. The lowest BCUT2D eigenvalue weighted by Crippen LogP contribution is -2.54. The molecule has 5 aliphatic heterocycles. The highest BCUT2D eigenvalue weighted by atomic mass is 16.6. The smallest absolute Gasteiger partial charge is 0.311 e. The molecule has 0 bridgehead atoms. The number of nitro groups is 1. The molecule has 0 aromatic heterocycles. The van der Waals surface area contributed by atoms with Gasteiger partial charge in [-0.2, -0.15) is 0 Å². The first kappa shape index (κ1) is 32.7. The van der Waals surface area contributed by atoms with E-state index in [1.807, 2.05) is 18.2 Å². The van der Waals surface area contributed by atoms with Crippen molar-refractivity contribution >= 4 is 40.7 Å². The topological polar surface area (TPSA) is 146 Å². The highest BCUT2D eigenvalue weighted by molar-refractivity contribution is 6.23. The third kappa shape index (κ3) is 5.78. The number of rotatable bonds is 7. The summed E-state index contributed by atoms with van der Waals surface area (Å²) in [6.45, 7) is 5.73. The third-order valence-corrected chi connectivity index (χ3v) is 12.2. The van der Waals surface area contributed by atoms with Crippen LogP contribution in [0, 0.1) is 15.5 Å². The average Bonchev–Trinajstić information content (AvgIpc) is 3.94. The van der Waals surface area contributed by atoms with Crippen molar-refractivity contribution in [2.45, 2.75) is 82.2 Å². The zero-order chi connectivity index (χ0) is 34.7. The number of carbonyl (C=O) groups excluding carboxylic acids is 4. The Balaban J connectivity index is 0.893. The van der Waals surface area contributed by atoms with E-state index in [4.69, 9.17) is 4.74 Å². The van der Waals surface area contributed by atoms with Gasteiger partial charge in [0, 0.05) is 62.1 Å². The number of hydrogen-bond donors (Lipinski definition) is 1. The number of carbonyl (C=O) groups is 4. The Bertz CT molecular complexity index is 1760. The van der Waals surface area contributed by atoms with Crippen molar-refractivity contribution in [1.29, 1.82) is 0 Å². The molecule has 8 rings (SSSR count). The molecule has 6 aliphatic rings. The molecule has 0 radical (unpaired) electrons. The van der Waals surface area contributed by atoms with Crippen LogP contribution in [-0.2, 0) is 9.59 Å². The predicted octanol–water partition coefficient (Wildman–Crippen LogP) is 4.23. The van der Waals surface area contributed by atoms with Gasteiger partial charge in [0.1, 0.15) is 6.04 Å². The predicted molar refractivity (Wildman–Crippen MR) is 185 cm³/mol. The van der Waals surface area contributed by atoms with Crippen molar-refractivity contribution in [3.05, 3.63) is 57.1 Å². The van der Waals surface area contributed by atoms with Crippen LogP contribution in [0.1, 0.15) is 96.4 Å². The van der Waals surface area contributed by atoms with Crippen LogP contribution < -0.4 is 19.9 Å². The zero-order valence-corrected chi connectivity index (χ0v) is 28.5. The third-order valence-electron chi connectivity index (χ3n) is 12.2. The van der Waals surface area contributed by atoms with Crippen LogP contribution in [0.25, 0.3) is 0 Å². The second kappa shape index (κ2) is 12.7. The fourth-order valence-electron chi connectivity index (χ4n) is 9.20. The summed E-state index contributed by atoms with van der Waals surface area (Å²) in [7, 11) is 1.50. The van der Waals surface area contributed by atoms with E-state index < -0.39 is 23.8 Å². The first-order valence-electron chi connectivity index (χ1n) is 18.1. The van der Waals surface area contributed by atoms with E-state index in [0.717, 1.165) is 106 Å². The second-order valence-corrected chi connectivity index (χ2v) is 15.1. The van der Waals surface area contributed by atoms with Crippen LogP contribution in [0.4, 0.5) is 17.1 Å². The second-order valence-electron chi connectivity index (χ2n) is 15.1. The van der Waals surface area contributed by atoms with E-state index in [1.54, 1.807) is 12.1 Å². The summed E-state index contributed by atoms with van der Waals surface area (Å²) in [6, 6.07) is 8.63. The molecule has 1 spiro atoms. The Morgan fingerprint density at radius 1 is 0.860 bits per heavy atom. The van der Waals surface area contributed by atoms with E-state index in [1.165, 1.54) is 13.5 Å². The van der Waals surface area contributed by atoms with Gasteiger partial charge in [0.2, 0.25) is 11.8 Å². The number of likely N-dealkylation sites (tertiary alicyclic amines) is 1. The van der Waals surface area contributed by atoms with Gasteiger partial charge in [0.25, 0.3) is 11.8 Å². The molecule has 5 fully saturated rings. The average molecular weight is 685 g/mol. The van der Waals surface area contributed by atoms with Crippen molar-refractivity contribution in [2.75, 3.05) is 56.2 Å². The number of piperidine rings is 4. The number of nitrogens with zero attached hydrogens (tertiary/aromatic N) is 5. The molecule has 2 aromatic rings. The fourth-order valence-corrected chi connectivity index (χ4v) is 9.20. The molecule has 13 heteroatoms. The summed E-state index contributed by atoms with van der Waals surface area (Å²) in [5.41, 5.74) is 3.99. The Labute approximate surface area is 291 Å². The number of nitro benzene ring substituents is 1. The minimum absolute atomic E-state index is 0.0488. The lowest BCUT2D eigenvalue weighted by molar-refractivity contribution is -0.385. The van der Waals surface area contributed by atoms with Gasteiger partial charge in [-0.25, -0.2) is 0 Å². The number of anilines is 2. The van der Waals surface area contributed by atoms with Gasteiger partial charge in [-0.05, 0) is 106 Å². The van der Waals surface area contributed by atoms with Crippen molar-refractivity contribution in [1.82, 2.24) is 15.1 Å². The summed E-state index contributed by atoms with van der Waals surface area (Å²) in [6.07, 6.45) is 8.97. The van der Waals surface area contributed by atoms with Crippen LogP contribution >= 0.6 is 0 Å². The fraction of sp³-hybridized carbons (Fsp3) is 0.568. The van der Waals surface area contributed by atoms with Gasteiger partial charge in [0.05, 0.1) is 23.2 Å². The maximum atomic E-state index is 13.4. The van der Waals surface area contributed by atoms with Crippen LogP contribution in [0.5, 0.6) is 5.75 Å². The molecular formula is C37H44N6O7. The van der Waals surface area contributed by atoms with Gasteiger partial charge >= 0.3 is 5.69 Å².